The first kappa shape index (κ1) is 14.2. The Hall–Kier alpha value is 0.160. The third kappa shape index (κ3) is 3.58. The molecule has 1 aliphatic carbocycles. The van der Waals surface area contributed by atoms with Crippen molar-refractivity contribution in [2.75, 3.05) is 13.1 Å². The van der Waals surface area contributed by atoms with Crippen molar-refractivity contribution in [2.45, 2.75) is 50.9 Å². The van der Waals surface area contributed by atoms with E-state index in [-0.39, 0.29) is 11.4 Å². The Morgan fingerprint density at radius 2 is 1.81 bits per heavy atom. The van der Waals surface area contributed by atoms with Crippen molar-refractivity contribution >= 4 is 21.8 Å². The van der Waals surface area contributed by atoms with Gasteiger partial charge >= 0.3 is 0 Å². The zero-order valence-corrected chi connectivity index (χ0v) is 11.5. The molecule has 16 heavy (non-hydrogen) atoms. The molecule has 1 fully saturated rings. The molecule has 0 aromatic rings. The molecule has 96 valence electrons. The van der Waals surface area contributed by atoms with Gasteiger partial charge in [0.15, 0.2) is 0 Å². The number of nitrogens with zero attached hydrogens (tertiary/aromatic N) is 1. The van der Waals surface area contributed by atoms with Crippen LogP contribution in [0, 0.1) is 0 Å². The van der Waals surface area contributed by atoms with Crippen LogP contribution in [-0.4, -0.2) is 37.2 Å². The first-order valence-electron chi connectivity index (χ1n) is 5.92. The maximum Gasteiger partial charge on any atom is 0.279 e. The minimum absolute atomic E-state index is 0.0703. The summed E-state index contributed by atoms with van der Waals surface area (Å²) in [6.45, 7) is 4.65. The second-order valence-electron chi connectivity index (χ2n) is 4.11. The fraction of sp³-hybridized carbons (Fsp3) is 1.00. The van der Waals surface area contributed by atoms with E-state index in [1.54, 1.807) is 0 Å². The van der Waals surface area contributed by atoms with E-state index in [1.165, 1.54) is 4.31 Å². The van der Waals surface area contributed by atoms with Gasteiger partial charge in [0, 0.05) is 24.5 Å². The standard InChI is InChI=1S/C10H21ClN2O2S/c1-3-13(4-2)16(14,15)12-10-8-6-5-7-9(10)11/h9-10,12H,3-8H2,1-2H3. The van der Waals surface area contributed by atoms with Crippen LogP contribution >= 0.6 is 11.6 Å². The van der Waals surface area contributed by atoms with Gasteiger partial charge in [-0.3, -0.25) is 0 Å². The number of hydrogen-bond acceptors (Lipinski definition) is 2. The minimum atomic E-state index is -3.36. The van der Waals surface area contributed by atoms with Gasteiger partial charge in [0.2, 0.25) is 0 Å². The molecule has 0 radical (unpaired) electrons. The molecule has 0 aromatic carbocycles. The molecule has 0 aromatic heterocycles. The molecule has 1 saturated carbocycles. The van der Waals surface area contributed by atoms with Crippen LogP contribution in [0.15, 0.2) is 0 Å². The number of rotatable bonds is 5. The Morgan fingerprint density at radius 3 is 2.31 bits per heavy atom. The second-order valence-corrected chi connectivity index (χ2v) is 6.38. The molecule has 0 bridgehead atoms. The van der Waals surface area contributed by atoms with Gasteiger partial charge < -0.3 is 0 Å². The average molecular weight is 269 g/mol. The van der Waals surface area contributed by atoms with Crippen molar-refractivity contribution in [3.8, 4) is 0 Å². The summed E-state index contributed by atoms with van der Waals surface area (Å²) in [7, 11) is -3.36. The van der Waals surface area contributed by atoms with Gasteiger partial charge in [-0.15, -0.1) is 11.6 Å². The molecule has 2 unspecified atom stereocenters. The number of halogens is 1. The maximum absolute atomic E-state index is 12.0. The molecule has 1 aliphatic rings. The SMILES string of the molecule is CCN(CC)S(=O)(=O)NC1CCCCC1Cl. The van der Waals surface area contributed by atoms with Gasteiger partial charge in [0.05, 0.1) is 0 Å². The van der Waals surface area contributed by atoms with Crippen molar-refractivity contribution in [1.29, 1.82) is 0 Å². The Labute approximate surface area is 104 Å². The van der Waals surface area contributed by atoms with Crippen LogP contribution in [0.5, 0.6) is 0 Å². The quantitative estimate of drug-likeness (QED) is 0.772. The lowest BCUT2D eigenvalue weighted by molar-refractivity contribution is 0.387. The van der Waals surface area contributed by atoms with Crippen LogP contribution in [0.2, 0.25) is 0 Å². The van der Waals surface area contributed by atoms with E-state index in [0.717, 1.165) is 25.7 Å². The van der Waals surface area contributed by atoms with E-state index in [9.17, 15) is 8.42 Å². The Balaban J connectivity index is 2.63. The van der Waals surface area contributed by atoms with Gasteiger partial charge in [0.25, 0.3) is 10.2 Å². The fourth-order valence-corrected chi connectivity index (χ4v) is 3.96. The third-order valence-corrected chi connectivity index (χ3v) is 5.35. The summed E-state index contributed by atoms with van der Waals surface area (Å²) in [5, 5.41) is -0.0703. The molecule has 0 saturated heterocycles. The Bertz CT molecular complexity index is 304. The summed E-state index contributed by atoms with van der Waals surface area (Å²) in [6, 6.07) is -0.110. The highest BCUT2D eigenvalue weighted by Gasteiger charge is 2.29. The Kier molecular flexibility index (Phi) is 5.50. The molecule has 0 amide bonds. The topological polar surface area (TPSA) is 49.4 Å². The molecule has 6 heteroatoms. The van der Waals surface area contributed by atoms with Crippen molar-refractivity contribution in [3.63, 3.8) is 0 Å². The summed E-state index contributed by atoms with van der Waals surface area (Å²) in [6.07, 6.45) is 3.88. The van der Waals surface area contributed by atoms with Gasteiger partial charge in [-0.2, -0.15) is 17.4 Å². The average Bonchev–Trinajstić information content (AvgIpc) is 2.22. The zero-order chi connectivity index (χ0) is 12.2. The molecule has 0 aliphatic heterocycles. The third-order valence-electron chi connectivity index (χ3n) is 3.03. The molecule has 1 N–H and O–H groups in total. The van der Waals surface area contributed by atoms with Gasteiger partial charge in [-0.25, -0.2) is 0 Å². The first-order chi connectivity index (χ1) is 7.51. The largest absolute Gasteiger partial charge is 0.279 e. The summed E-state index contributed by atoms with van der Waals surface area (Å²) in [5.74, 6) is 0. The molecule has 2 atom stereocenters. The lowest BCUT2D eigenvalue weighted by atomic mass is 9.96. The summed E-state index contributed by atoms with van der Waals surface area (Å²) >= 11 is 6.13. The molecule has 0 heterocycles. The highest BCUT2D eigenvalue weighted by atomic mass is 35.5. The minimum Gasteiger partial charge on any atom is -0.198 e. The predicted molar refractivity (Wildman–Crippen MR) is 66.9 cm³/mol. The smallest absolute Gasteiger partial charge is 0.198 e. The highest BCUT2D eigenvalue weighted by molar-refractivity contribution is 7.87. The van der Waals surface area contributed by atoms with E-state index >= 15 is 0 Å². The lowest BCUT2D eigenvalue weighted by Crippen LogP contribution is -2.49. The Morgan fingerprint density at radius 1 is 1.25 bits per heavy atom. The maximum atomic E-state index is 12.0. The zero-order valence-electron chi connectivity index (χ0n) is 9.95. The van der Waals surface area contributed by atoms with E-state index in [2.05, 4.69) is 4.72 Å². The highest BCUT2D eigenvalue weighted by Crippen LogP contribution is 2.23. The van der Waals surface area contributed by atoms with Crippen molar-refractivity contribution < 1.29 is 8.42 Å². The fourth-order valence-electron chi connectivity index (χ4n) is 2.05. The van der Waals surface area contributed by atoms with Gasteiger partial charge in [0.1, 0.15) is 0 Å². The van der Waals surface area contributed by atoms with Crippen LogP contribution in [0.1, 0.15) is 39.5 Å². The van der Waals surface area contributed by atoms with Gasteiger partial charge in [-0.1, -0.05) is 26.7 Å². The molecular weight excluding hydrogens is 248 g/mol. The monoisotopic (exact) mass is 268 g/mol. The molecule has 4 nitrogen and oxygen atoms in total. The number of hydrogen-bond donors (Lipinski definition) is 1. The molecule has 0 spiro atoms. The molecular formula is C10H21ClN2O2S. The van der Waals surface area contributed by atoms with Crippen molar-refractivity contribution in [2.24, 2.45) is 0 Å². The number of alkyl halides is 1. The summed E-state index contributed by atoms with van der Waals surface area (Å²) < 4.78 is 28.1. The van der Waals surface area contributed by atoms with E-state index < -0.39 is 10.2 Å². The van der Waals surface area contributed by atoms with Crippen molar-refractivity contribution in [1.82, 2.24) is 9.03 Å². The van der Waals surface area contributed by atoms with Crippen molar-refractivity contribution in [3.05, 3.63) is 0 Å². The van der Waals surface area contributed by atoms with Crippen LogP contribution in [-0.2, 0) is 10.2 Å². The molecule has 1 rings (SSSR count). The summed E-state index contributed by atoms with van der Waals surface area (Å²) in [5.41, 5.74) is 0. The lowest BCUT2D eigenvalue weighted by Gasteiger charge is -2.30. The number of nitrogens with one attached hydrogen (secondary N) is 1. The second kappa shape index (κ2) is 6.19. The normalized spacial score (nSPS) is 27.2. The van der Waals surface area contributed by atoms with Crippen LogP contribution in [0.3, 0.4) is 0 Å². The predicted octanol–water partition coefficient (Wildman–Crippen LogP) is 1.71. The van der Waals surface area contributed by atoms with E-state index in [0.29, 0.717) is 13.1 Å². The van der Waals surface area contributed by atoms with Gasteiger partial charge in [-0.05, 0) is 12.8 Å². The van der Waals surface area contributed by atoms with Crippen LogP contribution in [0.4, 0.5) is 0 Å². The summed E-state index contributed by atoms with van der Waals surface area (Å²) in [4.78, 5) is 0. The first-order valence-corrected chi connectivity index (χ1v) is 7.80. The van der Waals surface area contributed by atoms with Crippen LogP contribution < -0.4 is 4.72 Å². The van der Waals surface area contributed by atoms with E-state index in [1.807, 2.05) is 13.8 Å². The van der Waals surface area contributed by atoms with E-state index in [4.69, 9.17) is 11.6 Å². The van der Waals surface area contributed by atoms with Crippen LogP contribution in [0.25, 0.3) is 0 Å².